The molecular formula is C24H28N4O7. The molecule has 2 aromatic carbocycles. The molecule has 0 radical (unpaired) electrons. The predicted octanol–water partition coefficient (Wildman–Crippen LogP) is -0.556. The summed E-state index contributed by atoms with van der Waals surface area (Å²) in [4.78, 5) is 60.0. The van der Waals surface area contributed by atoms with E-state index >= 15 is 0 Å². The van der Waals surface area contributed by atoms with Gasteiger partial charge in [0.1, 0.15) is 18.6 Å². The molecule has 0 bridgehead atoms. The molecule has 3 amide bonds. The van der Waals surface area contributed by atoms with Gasteiger partial charge in [-0.25, -0.2) is 0 Å². The third-order valence-electron chi connectivity index (χ3n) is 4.98. The van der Waals surface area contributed by atoms with Crippen molar-refractivity contribution in [2.45, 2.75) is 37.4 Å². The van der Waals surface area contributed by atoms with Crippen molar-refractivity contribution in [2.75, 3.05) is 6.54 Å². The van der Waals surface area contributed by atoms with Gasteiger partial charge in [-0.1, -0.05) is 60.7 Å². The lowest BCUT2D eigenvalue weighted by Crippen LogP contribution is -2.57. The highest BCUT2D eigenvalue weighted by atomic mass is 16.4. The quantitative estimate of drug-likeness (QED) is 0.218. The van der Waals surface area contributed by atoms with Crippen LogP contribution < -0.4 is 21.7 Å². The Morgan fingerprint density at radius 1 is 0.686 bits per heavy atom. The number of rotatable bonds is 13. The Bertz CT molecular complexity index is 1030. The number of benzene rings is 2. The molecule has 11 heteroatoms. The average Bonchev–Trinajstić information content (AvgIpc) is 2.82. The van der Waals surface area contributed by atoms with E-state index in [-0.39, 0.29) is 12.8 Å². The lowest BCUT2D eigenvalue weighted by Gasteiger charge is -2.23. The number of aliphatic carboxylic acids is 2. The van der Waals surface area contributed by atoms with E-state index in [0.29, 0.717) is 5.56 Å². The normalized spacial score (nSPS) is 13.1. The Labute approximate surface area is 201 Å². The average molecular weight is 485 g/mol. The highest BCUT2D eigenvalue weighted by Crippen LogP contribution is 2.07. The number of carbonyl (C=O) groups excluding carboxylic acids is 3. The number of nitrogens with one attached hydrogen (secondary N) is 3. The van der Waals surface area contributed by atoms with Crippen molar-refractivity contribution in [2.24, 2.45) is 5.73 Å². The van der Waals surface area contributed by atoms with Gasteiger partial charge in [-0.2, -0.15) is 0 Å². The molecule has 0 aromatic heterocycles. The summed E-state index contributed by atoms with van der Waals surface area (Å²) in [6, 6.07) is 14.2. The van der Waals surface area contributed by atoms with E-state index in [4.69, 9.17) is 15.9 Å². The third-order valence-corrected chi connectivity index (χ3v) is 4.98. The van der Waals surface area contributed by atoms with E-state index in [1.165, 1.54) is 0 Å². The van der Waals surface area contributed by atoms with Crippen LogP contribution in [0, 0.1) is 0 Å². The first-order valence-corrected chi connectivity index (χ1v) is 10.8. The van der Waals surface area contributed by atoms with Crippen molar-refractivity contribution < 1.29 is 34.2 Å². The van der Waals surface area contributed by atoms with Crippen molar-refractivity contribution in [1.82, 2.24) is 16.0 Å². The van der Waals surface area contributed by atoms with Crippen LogP contribution in [0.4, 0.5) is 0 Å². The summed E-state index contributed by atoms with van der Waals surface area (Å²) < 4.78 is 0. The second-order valence-corrected chi connectivity index (χ2v) is 7.82. The van der Waals surface area contributed by atoms with Crippen molar-refractivity contribution in [3.05, 3.63) is 71.8 Å². The fourth-order valence-corrected chi connectivity index (χ4v) is 3.24. The van der Waals surface area contributed by atoms with Gasteiger partial charge in [0.2, 0.25) is 17.7 Å². The van der Waals surface area contributed by atoms with Crippen LogP contribution in [0.15, 0.2) is 60.7 Å². The molecule has 7 N–H and O–H groups in total. The number of hydrogen-bond acceptors (Lipinski definition) is 6. The molecule has 0 aliphatic heterocycles. The summed E-state index contributed by atoms with van der Waals surface area (Å²) in [5, 5.41) is 24.8. The Morgan fingerprint density at radius 2 is 1.20 bits per heavy atom. The van der Waals surface area contributed by atoms with E-state index < -0.39 is 60.8 Å². The van der Waals surface area contributed by atoms with Gasteiger partial charge in [0.15, 0.2) is 0 Å². The summed E-state index contributed by atoms with van der Waals surface area (Å²) in [5.41, 5.74) is 7.57. The van der Waals surface area contributed by atoms with E-state index in [2.05, 4.69) is 10.6 Å². The van der Waals surface area contributed by atoms with E-state index in [0.717, 1.165) is 5.56 Å². The SMILES string of the molecule is NC(Cc1ccccc1)C(=O)NC(Cc1ccccc1)C(=O)NC(CC(=O)O)C(=O)NCC(=O)O. The van der Waals surface area contributed by atoms with E-state index in [9.17, 15) is 24.0 Å². The lowest BCUT2D eigenvalue weighted by molar-refractivity contribution is -0.141. The van der Waals surface area contributed by atoms with Crippen molar-refractivity contribution in [3.63, 3.8) is 0 Å². The number of nitrogens with two attached hydrogens (primary N) is 1. The monoisotopic (exact) mass is 484 g/mol. The number of carbonyl (C=O) groups is 5. The van der Waals surface area contributed by atoms with Gasteiger partial charge in [-0.3, -0.25) is 24.0 Å². The fourth-order valence-electron chi connectivity index (χ4n) is 3.24. The van der Waals surface area contributed by atoms with Gasteiger partial charge in [0, 0.05) is 6.42 Å². The maximum absolute atomic E-state index is 13.0. The number of amides is 3. The Kier molecular flexibility index (Phi) is 10.4. The van der Waals surface area contributed by atoms with Crippen LogP contribution in [0.25, 0.3) is 0 Å². The summed E-state index contributed by atoms with van der Waals surface area (Å²) >= 11 is 0. The van der Waals surface area contributed by atoms with Crippen LogP contribution in [0.5, 0.6) is 0 Å². The summed E-state index contributed by atoms with van der Waals surface area (Å²) in [7, 11) is 0. The van der Waals surface area contributed by atoms with Gasteiger partial charge in [-0.05, 0) is 17.5 Å². The molecule has 3 atom stereocenters. The topological polar surface area (TPSA) is 188 Å². The van der Waals surface area contributed by atoms with E-state index in [1.807, 2.05) is 35.6 Å². The molecular weight excluding hydrogens is 456 g/mol. The summed E-state index contributed by atoms with van der Waals surface area (Å²) in [5.74, 6) is -5.11. The molecule has 3 unspecified atom stereocenters. The highest BCUT2D eigenvalue weighted by molar-refractivity contribution is 5.95. The maximum atomic E-state index is 13.0. The molecule has 11 nitrogen and oxygen atoms in total. The smallest absolute Gasteiger partial charge is 0.322 e. The number of carboxylic acids is 2. The highest BCUT2D eigenvalue weighted by Gasteiger charge is 2.30. The second kappa shape index (κ2) is 13.5. The maximum Gasteiger partial charge on any atom is 0.322 e. The van der Waals surface area contributed by atoms with Crippen LogP contribution in [-0.2, 0) is 36.8 Å². The van der Waals surface area contributed by atoms with Crippen LogP contribution in [0.2, 0.25) is 0 Å². The standard InChI is InChI=1S/C24H28N4O7/c25-17(11-15-7-3-1-4-8-15)22(33)27-18(12-16-9-5-2-6-10-16)24(35)28-19(13-20(29)30)23(34)26-14-21(31)32/h1-10,17-19H,11-14,25H2,(H,26,34)(H,27,33)(H,28,35)(H,29,30)(H,31,32). The molecule has 0 spiro atoms. The largest absolute Gasteiger partial charge is 0.481 e. The zero-order chi connectivity index (χ0) is 25.8. The lowest BCUT2D eigenvalue weighted by atomic mass is 10.0. The van der Waals surface area contributed by atoms with Crippen LogP contribution >= 0.6 is 0 Å². The number of carboxylic acid groups (broad SMARTS) is 2. The van der Waals surface area contributed by atoms with Crippen LogP contribution in [-0.4, -0.2) is 64.5 Å². The fraction of sp³-hybridized carbons (Fsp3) is 0.292. The first-order chi connectivity index (χ1) is 16.7. The molecule has 35 heavy (non-hydrogen) atoms. The van der Waals surface area contributed by atoms with Gasteiger partial charge in [0.05, 0.1) is 12.5 Å². The van der Waals surface area contributed by atoms with Crippen molar-refractivity contribution in [1.29, 1.82) is 0 Å². The van der Waals surface area contributed by atoms with Crippen molar-refractivity contribution in [3.8, 4) is 0 Å². The molecule has 0 aliphatic rings. The molecule has 2 aromatic rings. The Balaban J connectivity index is 2.16. The molecule has 2 rings (SSSR count). The Morgan fingerprint density at radius 3 is 1.71 bits per heavy atom. The molecule has 186 valence electrons. The molecule has 0 saturated heterocycles. The second-order valence-electron chi connectivity index (χ2n) is 7.82. The van der Waals surface area contributed by atoms with Gasteiger partial charge in [-0.15, -0.1) is 0 Å². The summed E-state index contributed by atoms with van der Waals surface area (Å²) in [6.07, 6.45) is -0.505. The van der Waals surface area contributed by atoms with E-state index in [1.54, 1.807) is 30.3 Å². The van der Waals surface area contributed by atoms with Crippen LogP contribution in [0.1, 0.15) is 17.5 Å². The predicted molar refractivity (Wildman–Crippen MR) is 125 cm³/mol. The van der Waals surface area contributed by atoms with Crippen LogP contribution in [0.3, 0.4) is 0 Å². The molecule has 0 heterocycles. The first kappa shape index (κ1) is 27.0. The number of hydrogen-bond donors (Lipinski definition) is 6. The van der Waals surface area contributed by atoms with Gasteiger partial charge in [0.25, 0.3) is 0 Å². The minimum Gasteiger partial charge on any atom is -0.481 e. The minimum absolute atomic E-state index is 0.0486. The zero-order valence-electron chi connectivity index (χ0n) is 18.8. The Hall–Kier alpha value is -4.25. The molecule has 0 aliphatic carbocycles. The minimum atomic E-state index is -1.55. The molecule has 0 saturated carbocycles. The van der Waals surface area contributed by atoms with Gasteiger partial charge >= 0.3 is 11.9 Å². The van der Waals surface area contributed by atoms with Crippen molar-refractivity contribution >= 4 is 29.7 Å². The van der Waals surface area contributed by atoms with Gasteiger partial charge < -0.3 is 31.9 Å². The zero-order valence-corrected chi connectivity index (χ0v) is 18.8. The third kappa shape index (κ3) is 9.64. The molecule has 0 fully saturated rings. The summed E-state index contributed by atoms with van der Waals surface area (Å²) in [6.45, 7) is -0.747. The first-order valence-electron chi connectivity index (χ1n) is 10.8.